The quantitative estimate of drug-likeness (QED) is 0.885. The Morgan fingerprint density at radius 1 is 1.16 bits per heavy atom. The van der Waals surface area contributed by atoms with Gasteiger partial charge in [-0.1, -0.05) is 18.2 Å². The summed E-state index contributed by atoms with van der Waals surface area (Å²) < 4.78 is 0. The fourth-order valence-corrected chi connectivity index (χ4v) is 5.18. The Balaban J connectivity index is 1.52. The number of para-hydroxylation sites is 1. The van der Waals surface area contributed by atoms with Crippen LogP contribution in [0, 0.1) is 0 Å². The zero-order chi connectivity index (χ0) is 17.4. The van der Waals surface area contributed by atoms with Crippen LogP contribution in [0.25, 0.3) is 0 Å². The SMILES string of the molecule is NC(=O)c1c(NC(=O)CN2CCCc3ccccc32)sc2c1CCC2. The summed E-state index contributed by atoms with van der Waals surface area (Å²) in [5.74, 6) is -0.544. The third kappa shape index (κ3) is 3.02. The van der Waals surface area contributed by atoms with Crippen molar-refractivity contribution in [1.82, 2.24) is 0 Å². The van der Waals surface area contributed by atoms with E-state index in [1.807, 2.05) is 12.1 Å². The predicted molar refractivity (Wildman–Crippen MR) is 100 cm³/mol. The highest BCUT2D eigenvalue weighted by atomic mass is 32.1. The first-order valence-corrected chi connectivity index (χ1v) is 9.52. The molecular formula is C19H21N3O2S. The molecule has 4 rings (SSSR count). The molecule has 0 radical (unpaired) electrons. The minimum Gasteiger partial charge on any atom is -0.365 e. The number of hydrogen-bond donors (Lipinski definition) is 2. The number of anilines is 2. The van der Waals surface area contributed by atoms with Gasteiger partial charge in [0, 0.05) is 17.1 Å². The summed E-state index contributed by atoms with van der Waals surface area (Å²) in [7, 11) is 0. The molecule has 1 aliphatic heterocycles. The summed E-state index contributed by atoms with van der Waals surface area (Å²) in [6, 6.07) is 8.23. The fraction of sp³-hybridized carbons (Fsp3) is 0.368. The Kier molecular flexibility index (Phi) is 4.21. The smallest absolute Gasteiger partial charge is 0.251 e. The van der Waals surface area contributed by atoms with Crippen molar-refractivity contribution < 1.29 is 9.59 Å². The average molecular weight is 355 g/mol. The Hall–Kier alpha value is -2.34. The van der Waals surface area contributed by atoms with Crippen molar-refractivity contribution in [1.29, 1.82) is 0 Å². The number of benzene rings is 1. The second-order valence-electron chi connectivity index (χ2n) is 6.63. The number of nitrogens with two attached hydrogens (primary N) is 1. The van der Waals surface area contributed by atoms with Crippen molar-refractivity contribution in [3.05, 3.63) is 45.8 Å². The fourth-order valence-electron chi connectivity index (χ4n) is 3.87. The maximum Gasteiger partial charge on any atom is 0.251 e. The van der Waals surface area contributed by atoms with Crippen molar-refractivity contribution in [2.45, 2.75) is 32.1 Å². The monoisotopic (exact) mass is 355 g/mol. The molecule has 1 aromatic heterocycles. The highest BCUT2D eigenvalue weighted by molar-refractivity contribution is 7.17. The number of carbonyl (C=O) groups excluding carboxylic acids is 2. The summed E-state index contributed by atoms with van der Waals surface area (Å²) >= 11 is 1.50. The van der Waals surface area contributed by atoms with Gasteiger partial charge in [-0.3, -0.25) is 9.59 Å². The number of aryl methyl sites for hydroxylation is 2. The van der Waals surface area contributed by atoms with E-state index in [0.717, 1.165) is 49.9 Å². The minimum absolute atomic E-state index is 0.0980. The molecule has 6 heteroatoms. The predicted octanol–water partition coefficient (Wildman–Crippen LogP) is 2.73. The molecule has 2 amide bonds. The van der Waals surface area contributed by atoms with Gasteiger partial charge in [-0.05, 0) is 49.3 Å². The molecule has 25 heavy (non-hydrogen) atoms. The van der Waals surface area contributed by atoms with E-state index in [1.165, 1.54) is 21.8 Å². The third-order valence-corrected chi connectivity index (χ3v) is 6.17. The Bertz CT molecular complexity index is 843. The molecule has 0 fully saturated rings. The zero-order valence-electron chi connectivity index (χ0n) is 14.0. The number of nitrogens with zero attached hydrogens (tertiary/aromatic N) is 1. The van der Waals surface area contributed by atoms with Crippen molar-refractivity contribution in [2.24, 2.45) is 5.73 Å². The largest absolute Gasteiger partial charge is 0.365 e. The molecular weight excluding hydrogens is 334 g/mol. The summed E-state index contributed by atoms with van der Waals surface area (Å²) in [6.07, 6.45) is 5.00. The van der Waals surface area contributed by atoms with Gasteiger partial charge >= 0.3 is 0 Å². The van der Waals surface area contributed by atoms with Crippen LogP contribution in [-0.4, -0.2) is 24.9 Å². The van der Waals surface area contributed by atoms with Crippen LogP contribution < -0.4 is 16.0 Å². The highest BCUT2D eigenvalue weighted by Crippen LogP contribution is 2.38. The second-order valence-corrected chi connectivity index (χ2v) is 7.73. The molecule has 0 saturated heterocycles. The van der Waals surface area contributed by atoms with E-state index in [9.17, 15) is 9.59 Å². The topological polar surface area (TPSA) is 75.4 Å². The summed E-state index contributed by atoms with van der Waals surface area (Å²) in [4.78, 5) is 27.7. The van der Waals surface area contributed by atoms with Crippen LogP contribution in [0.5, 0.6) is 0 Å². The second kappa shape index (κ2) is 6.52. The molecule has 0 bridgehead atoms. The number of fused-ring (bicyclic) bond motifs is 2. The van der Waals surface area contributed by atoms with Crippen LogP contribution in [0.2, 0.25) is 0 Å². The molecule has 3 N–H and O–H groups in total. The number of thiophene rings is 1. The van der Waals surface area contributed by atoms with E-state index in [2.05, 4.69) is 22.3 Å². The van der Waals surface area contributed by atoms with Gasteiger partial charge in [0.2, 0.25) is 5.91 Å². The van der Waals surface area contributed by atoms with Crippen molar-refractivity contribution in [2.75, 3.05) is 23.3 Å². The zero-order valence-corrected chi connectivity index (χ0v) is 14.8. The molecule has 0 unspecified atom stereocenters. The molecule has 1 aromatic carbocycles. The molecule has 130 valence electrons. The van der Waals surface area contributed by atoms with E-state index in [-0.39, 0.29) is 12.5 Å². The summed E-state index contributed by atoms with van der Waals surface area (Å²) in [5, 5.41) is 3.55. The molecule has 2 heterocycles. The molecule has 0 atom stereocenters. The summed E-state index contributed by atoms with van der Waals surface area (Å²) in [5.41, 5.74) is 9.54. The normalized spacial score (nSPS) is 15.6. The maximum atomic E-state index is 12.6. The van der Waals surface area contributed by atoms with Gasteiger partial charge in [-0.15, -0.1) is 11.3 Å². The average Bonchev–Trinajstić information content (AvgIpc) is 3.15. The number of amides is 2. The van der Waals surface area contributed by atoms with E-state index in [1.54, 1.807) is 0 Å². The molecule has 5 nitrogen and oxygen atoms in total. The Morgan fingerprint density at radius 3 is 2.84 bits per heavy atom. The lowest BCUT2D eigenvalue weighted by molar-refractivity contribution is -0.115. The van der Waals surface area contributed by atoms with Crippen molar-refractivity contribution >= 4 is 33.8 Å². The first-order chi connectivity index (χ1) is 12.1. The molecule has 0 saturated carbocycles. The Morgan fingerprint density at radius 2 is 2.00 bits per heavy atom. The van der Waals surface area contributed by atoms with Crippen LogP contribution >= 0.6 is 11.3 Å². The van der Waals surface area contributed by atoms with E-state index < -0.39 is 5.91 Å². The standard InChI is InChI=1S/C19H21N3O2S/c20-18(24)17-13-7-3-9-15(13)25-19(17)21-16(23)11-22-10-4-6-12-5-1-2-8-14(12)22/h1-2,5,8H,3-4,6-7,9-11H2,(H2,20,24)(H,21,23). The van der Waals surface area contributed by atoms with Gasteiger partial charge in [0.25, 0.3) is 5.91 Å². The maximum absolute atomic E-state index is 12.6. The first kappa shape index (κ1) is 16.1. The van der Waals surface area contributed by atoms with Gasteiger partial charge in [0.1, 0.15) is 5.00 Å². The molecule has 1 aliphatic carbocycles. The number of primary amides is 1. The van der Waals surface area contributed by atoms with Crippen LogP contribution in [0.4, 0.5) is 10.7 Å². The number of nitrogens with one attached hydrogen (secondary N) is 1. The third-order valence-electron chi connectivity index (χ3n) is 4.96. The van der Waals surface area contributed by atoms with Gasteiger partial charge in [0.15, 0.2) is 0 Å². The lowest BCUT2D eigenvalue weighted by Crippen LogP contribution is -2.36. The first-order valence-electron chi connectivity index (χ1n) is 8.70. The van der Waals surface area contributed by atoms with E-state index in [0.29, 0.717) is 10.6 Å². The van der Waals surface area contributed by atoms with Gasteiger partial charge in [0.05, 0.1) is 12.1 Å². The van der Waals surface area contributed by atoms with Crippen LogP contribution in [0.3, 0.4) is 0 Å². The van der Waals surface area contributed by atoms with E-state index >= 15 is 0 Å². The van der Waals surface area contributed by atoms with Gasteiger partial charge in [-0.2, -0.15) is 0 Å². The number of carbonyl (C=O) groups is 2. The lowest BCUT2D eigenvalue weighted by atomic mass is 10.0. The van der Waals surface area contributed by atoms with Crippen LogP contribution in [0.1, 0.15) is 39.2 Å². The van der Waals surface area contributed by atoms with Crippen LogP contribution in [-0.2, 0) is 24.1 Å². The highest BCUT2D eigenvalue weighted by Gasteiger charge is 2.27. The van der Waals surface area contributed by atoms with E-state index in [4.69, 9.17) is 5.73 Å². The Labute approximate surface area is 150 Å². The van der Waals surface area contributed by atoms with Crippen molar-refractivity contribution in [3.63, 3.8) is 0 Å². The van der Waals surface area contributed by atoms with Gasteiger partial charge < -0.3 is 16.0 Å². The summed E-state index contributed by atoms with van der Waals surface area (Å²) in [6.45, 7) is 1.16. The van der Waals surface area contributed by atoms with Gasteiger partial charge in [-0.25, -0.2) is 0 Å². The number of hydrogen-bond acceptors (Lipinski definition) is 4. The molecule has 0 spiro atoms. The number of rotatable bonds is 4. The lowest BCUT2D eigenvalue weighted by Gasteiger charge is -2.30. The molecule has 2 aliphatic rings. The molecule has 2 aromatic rings. The van der Waals surface area contributed by atoms with Crippen molar-refractivity contribution in [3.8, 4) is 0 Å². The minimum atomic E-state index is -0.446. The van der Waals surface area contributed by atoms with Crippen LogP contribution in [0.15, 0.2) is 24.3 Å².